The van der Waals surface area contributed by atoms with Crippen molar-refractivity contribution in [2.75, 3.05) is 0 Å². The van der Waals surface area contributed by atoms with Crippen molar-refractivity contribution >= 4 is 49.5 Å². The van der Waals surface area contributed by atoms with Crippen LogP contribution >= 0.6 is 27.5 Å². The van der Waals surface area contributed by atoms with Crippen LogP contribution in [0.3, 0.4) is 0 Å². The quantitative estimate of drug-likeness (QED) is 0.555. The van der Waals surface area contributed by atoms with Gasteiger partial charge in [-0.3, -0.25) is 4.79 Å². The van der Waals surface area contributed by atoms with E-state index in [0.717, 1.165) is 12.1 Å². The first-order valence-electron chi connectivity index (χ1n) is 6.59. The van der Waals surface area contributed by atoms with E-state index in [0.29, 0.717) is 4.47 Å². The first kappa shape index (κ1) is 19.4. The molecule has 132 valence electrons. The number of hydrogen-bond donors (Lipinski definition) is 1. The van der Waals surface area contributed by atoms with Gasteiger partial charge in [-0.05, 0) is 35.9 Å². The SMILES string of the molecule is NC(=O)OS(=O)(=O)Cc1ccc(C(=O)c2ccc(F)cc2Cl)c(Br)c1. The molecule has 1 amide bonds. The average molecular weight is 451 g/mol. The number of nitrogens with two attached hydrogens (primary N) is 1. The maximum atomic E-state index is 13.1. The van der Waals surface area contributed by atoms with Gasteiger partial charge in [0.15, 0.2) is 5.78 Å². The highest BCUT2D eigenvalue weighted by Gasteiger charge is 2.20. The number of carbonyl (C=O) groups excluding carboxylic acids is 2. The highest BCUT2D eigenvalue weighted by molar-refractivity contribution is 9.10. The van der Waals surface area contributed by atoms with E-state index in [2.05, 4.69) is 25.8 Å². The van der Waals surface area contributed by atoms with Gasteiger partial charge in [0.1, 0.15) is 11.6 Å². The van der Waals surface area contributed by atoms with Crippen LogP contribution in [0.2, 0.25) is 5.02 Å². The van der Waals surface area contributed by atoms with Crippen molar-refractivity contribution in [3.8, 4) is 0 Å². The summed E-state index contributed by atoms with van der Waals surface area (Å²) >= 11 is 9.05. The van der Waals surface area contributed by atoms with E-state index in [-0.39, 0.29) is 21.7 Å². The largest absolute Gasteiger partial charge is 0.420 e. The van der Waals surface area contributed by atoms with Crippen molar-refractivity contribution < 1.29 is 26.6 Å². The highest BCUT2D eigenvalue weighted by atomic mass is 79.9. The summed E-state index contributed by atoms with van der Waals surface area (Å²) < 4.78 is 40.6. The lowest BCUT2D eigenvalue weighted by Crippen LogP contribution is -2.20. The second-order valence-electron chi connectivity index (χ2n) is 4.87. The topological polar surface area (TPSA) is 104 Å². The summed E-state index contributed by atoms with van der Waals surface area (Å²) in [6.45, 7) is 0. The number of hydrogen-bond acceptors (Lipinski definition) is 5. The summed E-state index contributed by atoms with van der Waals surface area (Å²) in [5.41, 5.74) is 5.24. The first-order chi connectivity index (χ1) is 11.6. The monoisotopic (exact) mass is 449 g/mol. The van der Waals surface area contributed by atoms with E-state index in [9.17, 15) is 22.4 Å². The molecule has 0 radical (unpaired) electrons. The summed E-state index contributed by atoms with van der Waals surface area (Å²) in [6.07, 6.45) is -1.43. The summed E-state index contributed by atoms with van der Waals surface area (Å²) in [4.78, 5) is 23.1. The third kappa shape index (κ3) is 5.00. The predicted molar refractivity (Wildman–Crippen MR) is 92.3 cm³/mol. The maximum absolute atomic E-state index is 13.1. The molecule has 0 spiro atoms. The molecule has 0 saturated carbocycles. The van der Waals surface area contributed by atoms with E-state index < -0.39 is 33.6 Å². The first-order valence-corrected chi connectivity index (χ1v) is 9.33. The minimum Gasteiger partial charge on any atom is -0.334 e. The van der Waals surface area contributed by atoms with Gasteiger partial charge in [-0.2, -0.15) is 8.42 Å². The molecule has 0 saturated heterocycles. The van der Waals surface area contributed by atoms with E-state index in [1.165, 1.54) is 24.3 Å². The van der Waals surface area contributed by atoms with Crippen molar-refractivity contribution in [3.63, 3.8) is 0 Å². The fourth-order valence-corrected chi connectivity index (χ4v) is 3.77. The molecule has 0 heterocycles. The fraction of sp³-hybridized carbons (Fsp3) is 0.0667. The average Bonchev–Trinajstić information content (AvgIpc) is 2.44. The molecule has 10 heteroatoms. The smallest absolute Gasteiger partial charge is 0.334 e. The number of carbonyl (C=O) groups is 2. The number of halogens is 3. The van der Waals surface area contributed by atoms with Gasteiger partial charge in [0.2, 0.25) is 0 Å². The highest BCUT2D eigenvalue weighted by Crippen LogP contribution is 2.26. The van der Waals surface area contributed by atoms with Crippen molar-refractivity contribution in [2.45, 2.75) is 5.75 Å². The van der Waals surface area contributed by atoms with E-state index in [4.69, 9.17) is 11.6 Å². The Morgan fingerprint density at radius 2 is 1.80 bits per heavy atom. The summed E-state index contributed by atoms with van der Waals surface area (Å²) in [6, 6.07) is 7.51. The van der Waals surface area contributed by atoms with Crippen molar-refractivity contribution in [1.29, 1.82) is 0 Å². The number of amides is 1. The number of rotatable bonds is 5. The van der Waals surface area contributed by atoms with Gasteiger partial charge < -0.3 is 9.92 Å². The Hall–Kier alpha value is -1.97. The number of primary amides is 1. The van der Waals surface area contributed by atoms with Crippen molar-refractivity contribution in [3.05, 3.63) is 68.4 Å². The van der Waals surface area contributed by atoms with E-state index in [1.54, 1.807) is 0 Å². The molecule has 0 aliphatic carbocycles. The van der Waals surface area contributed by atoms with Crippen LogP contribution in [0.25, 0.3) is 0 Å². The standard InChI is InChI=1S/C15H10BrClFNO5S/c16-12-5-8(7-25(22,23)24-15(19)21)1-3-10(12)14(20)11-4-2-9(18)6-13(11)17/h1-6H,7H2,(H2,19,21). The van der Waals surface area contributed by atoms with Crippen LogP contribution in [0, 0.1) is 5.82 Å². The maximum Gasteiger partial charge on any atom is 0.420 e. The molecule has 2 N–H and O–H groups in total. The third-order valence-electron chi connectivity index (χ3n) is 3.01. The molecule has 2 rings (SSSR count). The molecule has 0 unspecified atom stereocenters. The molecular formula is C15H10BrClFNO5S. The zero-order valence-corrected chi connectivity index (χ0v) is 15.5. The molecule has 2 aromatic rings. The zero-order chi connectivity index (χ0) is 18.8. The summed E-state index contributed by atoms with van der Waals surface area (Å²) in [5, 5.41) is -0.0431. The van der Waals surface area contributed by atoms with Crippen LogP contribution in [0.4, 0.5) is 9.18 Å². The lowest BCUT2D eigenvalue weighted by Gasteiger charge is -2.08. The Balaban J connectivity index is 2.30. The Kier molecular flexibility index (Phi) is 5.81. The van der Waals surface area contributed by atoms with Gasteiger partial charge in [-0.25, -0.2) is 9.18 Å². The zero-order valence-electron chi connectivity index (χ0n) is 12.3. The van der Waals surface area contributed by atoms with Crippen molar-refractivity contribution in [1.82, 2.24) is 0 Å². The second-order valence-corrected chi connectivity index (χ2v) is 7.70. The fourth-order valence-electron chi connectivity index (χ4n) is 2.01. The van der Waals surface area contributed by atoms with Gasteiger partial charge in [-0.1, -0.05) is 33.6 Å². The van der Waals surface area contributed by atoms with Crippen LogP contribution in [-0.2, 0) is 20.1 Å². The summed E-state index contributed by atoms with van der Waals surface area (Å²) in [5.74, 6) is -1.66. The lowest BCUT2D eigenvalue weighted by atomic mass is 10.0. The summed E-state index contributed by atoms with van der Waals surface area (Å²) in [7, 11) is -4.19. The molecule has 0 bridgehead atoms. The Morgan fingerprint density at radius 1 is 1.16 bits per heavy atom. The van der Waals surface area contributed by atoms with E-state index in [1.807, 2.05) is 0 Å². The normalized spacial score (nSPS) is 11.2. The van der Waals surface area contributed by atoms with Crippen LogP contribution < -0.4 is 5.73 Å². The van der Waals surface area contributed by atoms with Crippen molar-refractivity contribution in [2.24, 2.45) is 5.73 Å². The van der Waals surface area contributed by atoms with Gasteiger partial charge >= 0.3 is 16.2 Å². The molecule has 0 aliphatic heterocycles. The van der Waals surface area contributed by atoms with E-state index >= 15 is 0 Å². The molecule has 25 heavy (non-hydrogen) atoms. The van der Waals surface area contributed by atoms with Crippen LogP contribution in [-0.4, -0.2) is 20.3 Å². The molecule has 0 aliphatic rings. The van der Waals surface area contributed by atoms with Gasteiger partial charge in [-0.15, -0.1) is 0 Å². The van der Waals surface area contributed by atoms with Crippen LogP contribution in [0.1, 0.15) is 21.5 Å². The molecule has 2 aromatic carbocycles. The number of ketones is 1. The molecule has 0 atom stereocenters. The predicted octanol–water partition coefficient (Wildman–Crippen LogP) is 3.40. The van der Waals surface area contributed by atoms with Gasteiger partial charge in [0.05, 0.1) is 5.02 Å². The molecule has 0 aromatic heterocycles. The number of benzene rings is 2. The molecule has 6 nitrogen and oxygen atoms in total. The Morgan fingerprint density at radius 3 is 2.36 bits per heavy atom. The minimum atomic E-state index is -4.19. The lowest BCUT2D eigenvalue weighted by molar-refractivity contribution is 0.103. The molecule has 0 fully saturated rings. The Labute approximate surface area is 156 Å². The molecular weight excluding hydrogens is 441 g/mol. The minimum absolute atomic E-state index is 0.0431. The van der Waals surface area contributed by atoms with Gasteiger partial charge in [0, 0.05) is 15.6 Å². The Bertz CT molecular complexity index is 964. The third-order valence-corrected chi connectivity index (χ3v) is 5.08. The van der Waals surface area contributed by atoms with Gasteiger partial charge in [0.25, 0.3) is 0 Å². The van der Waals surface area contributed by atoms with Crippen LogP contribution in [0.15, 0.2) is 40.9 Å². The van der Waals surface area contributed by atoms with Crippen LogP contribution in [0.5, 0.6) is 0 Å². The second kappa shape index (κ2) is 7.51.